The molecule has 3 heterocycles. The van der Waals surface area contributed by atoms with Crippen molar-refractivity contribution in [2.45, 2.75) is 32.1 Å². The molecule has 0 unspecified atom stereocenters. The number of hydroxylamine groups is 1. The van der Waals surface area contributed by atoms with Gasteiger partial charge in [-0.25, -0.2) is 14.6 Å². The summed E-state index contributed by atoms with van der Waals surface area (Å²) in [7, 11) is 0. The van der Waals surface area contributed by atoms with Crippen molar-refractivity contribution in [3.63, 3.8) is 0 Å². The smallest absolute Gasteiger partial charge is 0.408 e. The van der Waals surface area contributed by atoms with Crippen LogP contribution >= 0.6 is 0 Å². The SMILES string of the molecule is O=C(NOc1ccc2c(c1)OCCn1cc(-c3ncnn3CC(F)(F)F)nc1-2)C1CC1. The minimum absolute atomic E-state index is 0.0161. The zero-order valence-corrected chi connectivity index (χ0v) is 16.1. The Balaban J connectivity index is 1.42. The number of aromatic nitrogens is 5. The monoisotopic (exact) mass is 434 g/mol. The molecule has 3 aromatic rings. The zero-order valence-electron chi connectivity index (χ0n) is 16.1. The van der Waals surface area contributed by atoms with Crippen LogP contribution in [0.3, 0.4) is 0 Å². The van der Waals surface area contributed by atoms with Gasteiger partial charge in [-0.05, 0) is 25.0 Å². The highest BCUT2D eigenvalue weighted by Crippen LogP contribution is 2.36. The maximum absolute atomic E-state index is 12.8. The van der Waals surface area contributed by atoms with E-state index in [-0.39, 0.29) is 23.3 Å². The minimum Gasteiger partial charge on any atom is -0.491 e. The molecule has 1 saturated carbocycles. The maximum atomic E-state index is 12.8. The van der Waals surface area contributed by atoms with Gasteiger partial charge in [-0.3, -0.25) is 4.79 Å². The molecule has 0 spiro atoms. The summed E-state index contributed by atoms with van der Waals surface area (Å²) in [5.74, 6) is 1.31. The van der Waals surface area contributed by atoms with Crippen LogP contribution in [0.15, 0.2) is 30.7 Å². The Labute approximate surface area is 173 Å². The number of alkyl halides is 3. The number of fused-ring (bicyclic) bond motifs is 3. The van der Waals surface area contributed by atoms with Crippen LogP contribution in [0.4, 0.5) is 13.2 Å². The van der Waals surface area contributed by atoms with Gasteiger partial charge >= 0.3 is 6.18 Å². The summed E-state index contributed by atoms with van der Waals surface area (Å²) in [5.41, 5.74) is 3.35. The second-order valence-electron chi connectivity index (χ2n) is 7.35. The Morgan fingerprint density at radius 1 is 1.29 bits per heavy atom. The Bertz CT molecular complexity index is 1140. The Hall–Kier alpha value is -3.57. The highest BCUT2D eigenvalue weighted by molar-refractivity contribution is 5.80. The summed E-state index contributed by atoms with van der Waals surface area (Å²) < 4.78 is 46.8. The van der Waals surface area contributed by atoms with E-state index in [1.54, 1.807) is 29.0 Å². The number of rotatable bonds is 5. The lowest BCUT2D eigenvalue weighted by molar-refractivity contribution is -0.142. The molecule has 1 fully saturated rings. The molecule has 5 rings (SSSR count). The Morgan fingerprint density at radius 3 is 2.90 bits per heavy atom. The van der Waals surface area contributed by atoms with Gasteiger partial charge in [0.05, 0.1) is 12.1 Å². The summed E-state index contributed by atoms with van der Waals surface area (Å²) in [6.07, 6.45) is 0.00661. The number of carbonyl (C=O) groups is 1. The Kier molecular flexibility index (Phi) is 4.56. The van der Waals surface area contributed by atoms with Crippen molar-refractivity contribution in [2.24, 2.45) is 5.92 Å². The fraction of sp³-hybridized carbons (Fsp3) is 0.368. The molecule has 1 N–H and O–H groups in total. The van der Waals surface area contributed by atoms with Gasteiger partial charge in [0.15, 0.2) is 11.6 Å². The van der Waals surface area contributed by atoms with Crippen molar-refractivity contribution < 1.29 is 27.5 Å². The number of carbonyl (C=O) groups excluding carboxylic acids is 1. The van der Waals surface area contributed by atoms with Crippen LogP contribution in [-0.4, -0.2) is 43.0 Å². The Morgan fingerprint density at radius 2 is 2.13 bits per heavy atom. The first kappa shape index (κ1) is 19.4. The number of nitrogens with one attached hydrogen (secondary N) is 1. The van der Waals surface area contributed by atoms with E-state index in [0.29, 0.717) is 36.0 Å². The number of hydrogen-bond acceptors (Lipinski definition) is 6. The van der Waals surface area contributed by atoms with Crippen LogP contribution in [0.5, 0.6) is 11.5 Å². The van der Waals surface area contributed by atoms with E-state index >= 15 is 0 Å². The van der Waals surface area contributed by atoms with E-state index in [1.807, 2.05) is 0 Å². The molecule has 0 bridgehead atoms. The van der Waals surface area contributed by atoms with Crippen LogP contribution in [0, 0.1) is 5.92 Å². The summed E-state index contributed by atoms with van der Waals surface area (Å²) in [6, 6.07) is 5.02. The molecule has 1 aromatic carbocycles. The van der Waals surface area contributed by atoms with Crippen LogP contribution < -0.4 is 15.1 Å². The van der Waals surface area contributed by atoms with Gasteiger partial charge in [-0.15, -0.1) is 0 Å². The first-order valence-corrected chi connectivity index (χ1v) is 9.63. The van der Waals surface area contributed by atoms with Crippen LogP contribution in [-0.2, 0) is 17.9 Å². The number of amides is 1. The molecule has 0 atom stereocenters. The lowest BCUT2D eigenvalue weighted by Gasteiger charge is -2.10. The molecule has 12 heteroatoms. The molecule has 2 aromatic heterocycles. The van der Waals surface area contributed by atoms with Crippen LogP contribution in [0.1, 0.15) is 12.8 Å². The predicted molar refractivity (Wildman–Crippen MR) is 99.7 cm³/mol. The molecule has 0 radical (unpaired) electrons. The first-order valence-electron chi connectivity index (χ1n) is 9.63. The number of benzene rings is 1. The van der Waals surface area contributed by atoms with E-state index in [0.717, 1.165) is 23.9 Å². The van der Waals surface area contributed by atoms with Crippen molar-refractivity contribution in [1.29, 1.82) is 0 Å². The number of imidazole rings is 1. The topological polar surface area (TPSA) is 96.1 Å². The van der Waals surface area contributed by atoms with E-state index in [1.165, 1.54) is 0 Å². The van der Waals surface area contributed by atoms with Crippen LogP contribution in [0.25, 0.3) is 22.9 Å². The number of halogens is 3. The van der Waals surface area contributed by atoms with Crippen molar-refractivity contribution in [1.82, 2.24) is 29.8 Å². The highest BCUT2D eigenvalue weighted by Gasteiger charge is 2.31. The average molecular weight is 434 g/mol. The number of ether oxygens (including phenoxy) is 1. The highest BCUT2D eigenvalue weighted by atomic mass is 19.4. The standard InChI is InChI=1S/C19H17F3N6O3/c20-19(21,22)9-28-17(23-10-24-28)14-8-27-5-6-30-15-7-12(3-4-13(15)16(27)25-14)31-26-18(29)11-1-2-11/h3-4,7-8,10-11H,1-2,5-6,9H2,(H,26,29). The summed E-state index contributed by atoms with van der Waals surface area (Å²) in [4.78, 5) is 25.6. The van der Waals surface area contributed by atoms with E-state index in [4.69, 9.17) is 9.57 Å². The molecular weight excluding hydrogens is 417 g/mol. The molecule has 31 heavy (non-hydrogen) atoms. The van der Waals surface area contributed by atoms with Crippen molar-refractivity contribution in [3.8, 4) is 34.4 Å². The van der Waals surface area contributed by atoms with Gasteiger partial charge in [0, 0.05) is 18.2 Å². The zero-order chi connectivity index (χ0) is 21.6. The van der Waals surface area contributed by atoms with Gasteiger partial charge in [0.25, 0.3) is 5.91 Å². The second-order valence-corrected chi connectivity index (χ2v) is 7.35. The summed E-state index contributed by atoms with van der Waals surface area (Å²) >= 11 is 0. The normalized spacial score (nSPS) is 15.5. The van der Waals surface area contributed by atoms with E-state index in [2.05, 4.69) is 20.5 Å². The number of hydrogen-bond donors (Lipinski definition) is 1. The third-order valence-corrected chi connectivity index (χ3v) is 4.95. The molecule has 0 saturated heterocycles. The number of nitrogens with zero attached hydrogens (tertiary/aromatic N) is 5. The third kappa shape index (κ3) is 4.05. The predicted octanol–water partition coefficient (Wildman–Crippen LogP) is 2.58. The van der Waals surface area contributed by atoms with Crippen LogP contribution in [0.2, 0.25) is 0 Å². The van der Waals surface area contributed by atoms with Gasteiger partial charge in [-0.2, -0.15) is 23.8 Å². The van der Waals surface area contributed by atoms with Gasteiger partial charge in [-0.1, -0.05) is 0 Å². The molecule has 1 amide bonds. The lowest BCUT2D eigenvalue weighted by Crippen LogP contribution is -2.28. The van der Waals surface area contributed by atoms with Gasteiger partial charge in [0.1, 0.15) is 36.7 Å². The summed E-state index contributed by atoms with van der Waals surface area (Å²) in [6.45, 7) is -0.487. The molecular formula is C19H17F3N6O3. The van der Waals surface area contributed by atoms with E-state index in [9.17, 15) is 18.0 Å². The lowest BCUT2D eigenvalue weighted by atomic mass is 10.2. The maximum Gasteiger partial charge on any atom is 0.408 e. The molecule has 162 valence electrons. The largest absolute Gasteiger partial charge is 0.491 e. The fourth-order valence-electron chi connectivity index (χ4n) is 3.32. The average Bonchev–Trinajstić information content (AvgIpc) is 3.39. The van der Waals surface area contributed by atoms with Crippen molar-refractivity contribution in [2.75, 3.05) is 6.61 Å². The second kappa shape index (κ2) is 7.29. The molecule has 2 aliphatic rings. The van der Waals surface area contributed by atoms with Crippen molar-refractivity contribution in [3.05, 3.63) is 30.7 Å². The van der Waals surface area contributed by atoms with Crippen molar-refractivity contribution >= 4 is 5.91 Å². The first-order chi connectivity index (χ1) is 14.9. The summed E-state index contributed by atoms with van der Waals surface area (Å²) in [5, 5.41) is 3.67. The fourth-order valence-corrected chi connectivity index (χ4v) is 3.32. The third-order valence-electron chi connectivity index (χ3n) is 4.95. The molecule has 1 aliphatic carbocycles. The molecule has 9 nitrogen and oxygen atoms in total. The van der Waals surface area contributed by atoms with Gasteiger partial charge in [0.2, 0.25) is 0 Å². The minimum atomic E-state index is -4.43. The van der Waals surface area contributed by atoms with Gasteiger partial charge < -0.3 is 14.1 Å². The quantitative estimate of drug-likeness (QED) is 0.621. The van der Waals surface area contributed by atoms with E-state index < -0.39 is 12.7 Å². The molecule has 1 aliphatic heterocycles.